The summed E-state index contributed by atoms with van der Waals surface area (Å²) in [5.41, 5.74) is 2.13. The fourth-order valence-electron chi connectivity index (χ4n) is 2.76. The molecule has 1 aromatic heterocycles. The zero-order valence-corrected chi connectivity index (χ0v) is 14.5. The third kappa shape index (κ3) is 3.34. The maximum absolute atomic E-state index is 6.07. The van der Waals surface area contributed by atoms with Crippen LogP contribution < -0.4 is 5.32 Å². The molecule has 1 aliphatic rings. The Morgan fingerprint density at radius 2 is 1.90 bits per heavy atom. The number of anilines is 1. The van der Waals surface area contributed by atoms with Crippen LogP contribution in [-0.4, -0.2) is 23.1 Å². The van der Waals surface area contributed by atoms with Gasteiger partial charge in [0.1, 0.15) is 11.4 Å². The van der Waals surface area contributed by atoms with E-state index in [1.54, 1.807) is 0 Å². The van der Waals surface area contributed by atoms with Crippen molar-refractivity contribution in [1.29, 1.82) is 0 Å². The fraction of sp³-hybridized carbons (Fsp3) is 0.750. The van der Waals surface area contributed by atoms with E-state index in [4.69, 9.17) is 14.7 Å². The molecule has 0 unspecified atom stereocenters. The summed E-state index contributed by atoms with van der Waals surface area (Å²) in [6.45, 7) is 10.2. The Kier molecular flexibility index (Phi) is 5.88. The van der Waals surface area contributed by atoms with Crippen molar-refractivity contribution in [2.24, 2.45) is 0 Å². The number of nitrogens with one attached hydrogen (secondary N) is 1. The van der Waals surface area contributed by atoms with Crippen molar-refractivity contribution in [3.8, 4) is 0 Å². The molecule has 118 valence electrons. The molecule has 4 nitrogen and oxygen atoms in total. The Labute approximate surface area is 132 Å². The van der Waals surface area contributed by atoms with E-state index in [2.05, 4.69) is 26.1 Å². The highest BCUT2D eigenvalue weighted by Crippen LogP contribution is 2.37. The average Bonchev–Trinajstić information content (AvgIpc) is 2.99. The molecule has 0 saturated carbocycles. The lowest BCUT2D eigenvalue weighted by atomic mass is 9.95. The minimum absolute atomic E-state index is 0.348. The number of aromatic nitrogens is 2. The highest BCUT2D eigenvalue weighted by atomic mass is 32.2. The Bertz CT molecular complexity index is 475. The summed E-state index contributed by atoms with van der Waals surface area (Å²) in [4.78, 5) is 9.71. The van der Waals surface area contributed by atoms with Crippen LogP contribution in [0.2, 0.25) is 0 Å². The van der Waals surface area contributed by atoms with Crippen molar-refractivity contribution < 1.29 is 4.74 Å². The van der Waals surface area contributed by atoms with E-state index in [1.807, 2.05) is 18.7 Å². The average molecular weight is 309 g/mol. The van der Waals surface area contributed by atoms with Crippen molar-refractivity contribution >= 4 is 17.6 Å². The Balaban J connectivity index is 2.43. The standard InChI is InChI=1S/C16H27N3OS/c1-5-9-17-14-12-10-21-11-13(12)18-15(19-14)16(6-2,7-3)20-8-4/h5-11H2,1-4H3,(H,17,18,19). The third-order valence-corrected chi connectivity index (χ3v) is 5.06. The number of ether oxygens (including phenoxy) is 1. The van der Waals surface area contributed by atoms with Crippen LogP contribution in [0.4, 0.5) is 5.82 Å². The summed E-state index contributed by atoms with van der Waals surface area (Å²) in [7, 11) is 0. The first-order valence-electron chi connectivity index (χ1n) is 8.06. The topological polar surface area (TPSA) is 47.0 Å². The first-order chi connectivity index (χ1) is 10.2. The van der Waals surface area contributed by atoms with Crippen molar-refractivity contribution in [2.75, 3.05) is 18.5 Å². The normalized spacial score (nSPS) is 14.3. The molecular weight excluding hydrogens is 282 g/mol. The van der Waals surface area contributed by atoms with Crippen LogP contribution in [0.25, 0.3) is 0 Å². The lowest BCUT2D eigenvalue weighted by molar-refractivity contribution is -0.0571. The van der Waals surface area contributed by atoms with Gasteiger partial charge in [-0.25, -0.2) is 9.97 Å². The largest absolute Gasteiger partial charge is 0.370 e. The monoisotopic (exact) mass is 309 g/mol. The molecule has 1 N–H and O–H groups in total. The van der Waals surface area contributed by atoms with Crippen molar-refractivity contribution in [2.45, 2.75) is 64.1 Å². The van der Waals surface area contributed by atoms with Crippen LogP contribution in [0, 0.1) is 0 Å². The van der Waals surface area contributed by atoms with Gasteiger partial charge in [-0.05, 0) is 26.2 Å². The number of nitrogens with zero attached hydrogens (tertiary/aromatic N) is 2. The molecule has 0 radical (unpaired) electrons. The van der Waals surface area contributed by atoms with Gasteiger partial charge in [0.05, 0.1) is 5.69 Å². The number of hydrogen-bond acceptors (Lipinski definition) is 5. The van der Waals surface area contributed by atoms with Crippen LogP contribution in [-0.2, 0) is 21.8 Å². The highest BCUT2D eigenvalue weighted by Gasteiger charge is 2.34. The molecule has 0 aliphatic carbocycles. The number of hydrogen-bond donors (Lipinski definition) is 1. The van der Waals surface area contributed by atoms with E-state index < -0.39 is 0 Å². The Hall–Kier alpha value is -0.810. The van der Waals surface area contributed by atoms with E-state index in [0.717, 1.165) is 49.0 Å². The molecule has 0 fully saturated rings. The summed E-state index contributed by atoms with van der Waals surface area (Å²) in [6.07, 6.45) is 2.90. The third-order valence-electron chi connectivity index (χ3n) is 4.09. The second-order valence-corrected chi connectivity index (χ2v) is 6.36. The van der Waals surface area contributed by atoms with Crippen LogP contribution in [0.1, 0.15) is 64.0 Å². The molecule has 1 aliphatic heterocycles. The lowest BCUT2D eigenvalue weighted by Crippen LogP contribution is -2.31. The van der Waals surface area contributed by atoms with Gasteiger partial charge in [-0.15, -0.1) is 0 Å². The molecule has 5 heteroatoms. The number of fused-ring (bicyclic) bond motifs is 1. The smallest absolute Gasteiger partial charge is 0.162 e. The van der Waals surface area contributed by atoms with E-state index in [-0.39, 0.29) is 5.60 Å². The maximum Gasteiger partial charge on any atom is 0.162 e. The van der Waals surface area contributed by atoms with Gasteiger partial charge in [0.25, 0.3) is 0 Å². The minimum atomic E-state index is -0.348. The summed E-state index contributed by atoms with van der Waals surface area (Å²) in [5.74, 6) is 3.88. The quantitative estimate of drug-likeness (QED) is 0.783. The fourth-order valence-corrected chi connectivity index (χ4v) is 3.80. The van der Waals surface area contributed by atoms with Crippen molar-refractivity contribution in [1.82, 2.24) is 9.97 Å². The maximum atomic E-state index is 6.07. The van der Waals surface area contributed by atoms with Gasteiger partial charge in [-0.2, -0.15) is 11.8 Å². The Morgan fingerprint density at radius 1 is 1.14 bits per heavy atom. The Morgan fingerprint density at radius 3 is 2.52 bits per heavy atom. The predicted octanol–water partition coefficient (Wildman–Crippen LogP) is 4.10. The zero-order chi connectivity index (χ0) is 15.3. The van der Waals surface area contributed by atoms with Crippen molar-refractivity contribution in [3.05, 3.63) is 17.1 Å². The molecule has 0 aromatic carbocycles. The summed E-state index contributed by atoms with van der Waals surface area (Å²) in [6, 6.07) is 0. The molecule has 21 heavy (non-hydrogen) atoms. The van der Waals surface area contributed by atoms with Crippen molar-refractivity contribution in [3.63, 3.8) is 0 Å². The van der Waals surface area contributed by atoms with Crippen LogP contribution in [0.3, 0.4) is 0 Å². The first kappa shape index (κ1) is 16.6. The van der Waals surface area contributed by atoms with Gasteiger partial charge in [0.15, 0.2) is 5.82 Å². The second kappa shape index (κ2) is 7.45. The second-order valence-electron chi connectivity index (χ2n) is 5.38. The minimum Gasteiger partial charge on any atom is -0.370 e. The van der Waals surface area contributed by atoms with Gasteiger partial charge in [0.2, 0.25) is 0 Å². The first-order valence-corrected chi connectivity index (χ1v) is 9.22. The SMILES string of the molecule is CCCNc1nc(C(CC)(CC)OCC)nc2c1CSC2. The van der Waals surface area contributed by atoms with Gasteiger partial charge in [-0.1, -0.05) is 20.8 Å². The van der Waals surface area contributed by atoms with Gasteiger partial charge in [-0.3, -0.25) is 0 Å². The predicted molar refractivity (Wildman–Crippen MR) is 89.7 cm³/mol. The van der Waals surface area contributed by atoms with E-state index in [0.29, 0.717) is 6.61 Å². The van der Waals surface area contributed by atoms with E-state index >= 15 is 0 Å². The van der Waals surface area contributed by atoms with Gasteiger partial charge < -0.3 is 10.1 Å². The lowest BCUT2D eigenvalue weighted by Gasteiger charge is -2.30. The van der Waals surface area contributed by atoms with E-state index in [1.165, 1.54) is 11.3 Å². The molecule has 2 heterocycles. The molecule has 0 amide bonds. The summed E-state index contributed by atoms with van der Waals surface area (Å²) in [5, 5.41) is 3.48. The molecule has 0 bridgehead atoms. The molecular formula is C16H27N3OS. The summed E-state index contributed by atoms with van der Waals surface area (Å²) < 4.78 is 6.07. The number of thioether (sulfide) groups is 1. The summed E-state index contributed by atoms with van der Waals surface area (Å²) >= 11 is 1.92. The molecule has 0 spiro atoms. The molecule has 0 saturated heterocycles. The van der Waals surface area contributed by atoms with Crippen LogP contribution in [0.5, 0.6) is 0 Å². The van der Waals surface area contributed by atoms with Crippen LogP contribution in [0.15, 0.2) is 0 Å². The van der Waals surface area contributed by atoms with Gasteiger partial charge >= 0.3 is 0 Å². The van der Waals surface area contributed by atoms with Gasteiger partial charge in [0, 0.05) is 30.2 Å². The zero-order valence-electron chi connectivity index (χ0n) is 13.7. The van der Waals surface area contributed by atoms with E-state index in [9.17, 15) is 0 Å². The molecule has 2 rings (SSSR count). The molecule has 0 atom stereocenters. The number of rotatable bonds is 8. The van der Waals surface area contributed by atoms with Crippen LogP contribution >= 0.6 is 11.8 Å². The highest BCUT2D eigenvalue weighted by molar-refractivity contribution is 7.98. The molecule has 1 aromatic rings.